The van der Waals surface area contributed by atoms with Crippen molar-refractivity contribution >= 4 is 11.4 Å². The minimum atomic E-state index is -0.432. The third-order valence-electron chi connectivity index (χ3n) is 3.27. The van der Waals surface area contributed by atoms with Gasteiger partial charge in [0.1, 0.15) is 5.69 Å². The molecule has 1 aromatic carbocycles. The van der Waals surface area contributed by atoms with Crippen molar-refractivity contribution in [2.24, 2.45) is 0 Å². The predicted molar refractivity (Wildman–Crippen MR) is 83.9 cm³/mol. The summed E-state index contributed by atoms with van der Waals surface area (Å²) in [5.74, 6) is 0.631. The SMILES string of the molecule is CN(C)c1ccc(-c2nc(-c3ccncc3)no2)cc1[N+](=O)[O-]. The summed E-state index contributed by atoms with van der Waals surface area (Å²) >= 11 is 0. The van der Waals surface area contributed by atoms with Crippen molar-refractivity contribution in [1.82, 2.24) is 15.1 Å². The Kier molecular flexibility index (Phi) is 3.71. The Morgan fingerprint density at radius 1 is 1.13 bits per heavy atom. The second-order valence-electron chi connectivity index (χ2n) is 5.01. The number of hydrogen-bond donors (Lipinski definition) is 0. The minimum Gasteiger partial charge on any atom is -0.372 e. The van der Waals surface area contributed by atoms with Gasteiger partial charge in [-0.25, -0.2) is 0 Å². The molecule has 0 aliphatic carbocycles. The first kappa shape index (κ1) is 14.6. The van der Waals surface area contributed by atoms with Crippen LogP contribution in [-0.4, -0.2) is 34.1 Å². The van der Waals surface area contributed by atoms with E-state index in [0.717, 1.165) is 5.56 Å². The maximum absolute atomic E-state index is 11.2. The van der Waals surface area contributed by atoms with E-state index in [1.54, 1.807) is 55.7 Å². The first-order valence-corrected chi connectivity index (χ1v) is 6.76. The summed E-state index contributed by atoms with van der Waals surface area (Å²) in [6.07, 6.45) is 3.25. The van der Waals surface area contributed by atoms with Crippen LogP contribution in [0.3, 0.4) is 0 Å². The Bertz CT molecular complexity index is 845. The fraction of sp³-hybridized carbons (Fsp3) is 0.133. The first-order valence-electron chi connectivity index (χ1n) is 6.76. The van der Waals surface area contributed by atoms with Gasteiger partial charge in [0.05, 0.1) is 4.92 Å². The number of nitro groups is 1. The first-order chi connectivity index (χ1) is 11.1. The molecular formula is C15H13N5O3. The lowest BCUT2D eigenvalue weighted by molar-refractivity contribution is -0.384. The molecule has 116 valence electrons. The topological polar surface area (TPSA) is 98.2 Å². The Labute approximate surface area is 131 Å². The van der Waals surface area contributed by atoms with Gasteiger partial charge in [-0.2, -0.15) is 4.98 Å². The van der Waals surface area contributed by atoms with E-state index in [1.807, 2.05) is 0 Å². The molecule has 0 unspecified atom stereocenters. The molecule has 0 radical (unpaired) electrons. The average molecular weight is 311 g/mol. The van der Waals surface area contributed by atoms with Crippen LogP contribution in [-0.2, 0) is 0 Å². The van der Waals surface area contributed by atoms with Crippen LogP contribution in [0, 0.1) is 10.1 Å². The van der Waals surface area contributed by atoms with Crippen LogP contribution in [0.5, 0.6) is 0 Å². The number of nitro benzene ring substituents is 1. The van der Waals surface area contributed by atoms with Crippen molar-refractivity contribution in [1.29, 1.82) is 0 Å². The summed E-state index contributed by atoms with van der Waals surface area (Å²) in [7, 11) is 3.49. The molecule has 2 heterocycles. The quantitative estimate of drug-likeness (QED) is 0.539. The van der Waals surface area contributed by atoms with E-state index < -0.39 is 4.92 Å². The summed E-state index contributed by atoms with van der Waals surface area (Å²) in [5, 5.41) is 15.1. The fourth-order valence-corrected chi connectivity index (χ4v) is 2.14. The van der Waals surface area contributed by atoms with Gasteiger partial charge in [0.15, 0.2) is 0 Å². The van der Waals surface area contributed by atoms with Gasteiger partial charge in [-0.3, -0.25) is 15.1 Å². The standard InChI is InChI=1S/C15H13N5O3/c1-19(2)12-4-3-11(9-13(12)20(21)22)15-17-14(18-23-15)10-5-7-16-8-6-10/h3-9H,1-2H3. The van der Waals surface area contributed by atoms with E-state index in [0.29, 0.717) is 17.1 Å². The maximum Gasteiger partial charge on any atom is 0.293 e. The molecule has 8 heteroatoms. The van der Waals surface area contributed by atoms with Crippen molar-refractivity contribution in [3.05, 3.63) is 52.8 Å². The number of hydrogen-bond acceptors (Lipinski definition) is 7. The highest BCUT2D eigenvalue weighted by atomic mass is 16.6. The number of aromatic nitrogens is 3. The molecule has 0 aliphatic heterocycles. The Hall–Kier alpha value is -3.29. The van der Waals surface area contributed by atoms with Gasteiger partial charge in [-0.1, -0.05) is 5.16 Å². The van der Waals surface area contributed by atoms with Crippen LogP contribution in [0.15, 0.2) is 47.2 Å². The van der Waals surface area contributed by atoms with Crippen molar-refractivity contribution < 1.29 is 9.45 Å². The molecule has 23 heavy (non-hydrogen) atoms. The lowest BCUT2D eigenvalue weighted by Crippen LogP contribution is -2.10. The molecule has 0 saturated heterocycles. The Balaban J connectivity index is 2.01. The molecular weight excluding hydrogens is 298 g/mol. The Morgan fingerprint density at radius 2 is 1.87 bits per heavy atom. The van der Waals surface area contributed by atoms with Gasteiger partial charge in [0, 0.05) is 43.7 Å². The molecule has 0 atom stereocenters. The number of anilines is 1. The highest BCUT2D eigenvalue weighted by Crippen LogP contribution is 2.32. The number of pyridine rings is 1. The molecule has 0 aliphatic rings. The van der Waals surface area contributed by atoms with Crippen molar-refractivity contribution in [3.63, 3.8) is 0 Å². The van der Waals surface area contributed by atoms with Crippen LogP contribution in [0.1, 0.15) is 0 Å². The van der Waals surface area contributed by atoms with Gasteiger partial charge in [-0.15, -0.1) is 0 Å². The Morgan fingerprint density at radius 3 is 2.52 bits per heavy atom. The third-order valence-corrected chi connectivity index (χ3v) is 3.27. The molecule has 3 aromatic rings. The van der Waals surface area contributed by atoms with Crippen molar-refractivity contribution in [3.8, 4) is 22.8 Å². The molecule has 8 nitrogen and oxygen atoms in total. The lowest BCUT2D eigenvalue weighted by Gasteiger charge is -2.12. The van der Waals surface area contributed by atoms with Crippen LogP contribution in [0.2, 0.25) is 0 Å². The molecule has 2 aromatic heterocycles. The van der Waals surface area contributed by atoms with E-state index >= 15 is 0 Å². The van der Waals surface area contributed by atoms with Crippen molar-refractivity contribution in [2.75, 3.05) is 19.0 Å². The zero-order valence-electron chi connectivity index (χ0n) is 12.5. The molecule has 3 rings (SSSR count). The van der Waals surface area contributed by atoms with Crippen LogP contribution < -0.4 is 4.90 Å². The van der Waals surface area contributed by atoms with Crippen molar-refractivity contribution in [2.45, 2.75) is 0 Å². The largest absolute Gasteiger partial charge is 0.372 e. The lowest BCUT2D eigenvalue weighted by atomic mass is 10.1. The smallest absolute Gasteiger partial charge is 0.293 e. The third kappa shape index (κ3) is 2.86. The van der Waals surface area contributed by atoms with Gasteiger partial charge in [0.25, 0.3) is 11.6 Å². The van der Waals surface area contributed by atoms with Gasteiger partial charge < -0.3 is 9.42 Å². The minimum absolute atomic E-state index is 0.0174. The highest BCUT2D eigenvalue weighted by Gasteiger charge is 2.19. The summed E-state index contributed by atoms with van der Waals surface area (Å²) in [4.78, 5) is 20.7. The zero-order chi connectivity index (χ0) is 16.4. The van der Waals surface area contributed by atoms with Gasteiger partial charge in [0.2, 0.25) is 5.82 Å². The predicted octanol–water partition coefficient (Wildman–Crippen LogP) is 2.77. The number of rotatable bonds is 4. The van der Waals surface area contributed by atoms with Crippen LogP contribution in [0.25, 0.3) is 22.8 Å². The second-order valence-corrected chi connectivity index (χ2v) is 5.01. The molecule has 0 bridgehead atoms. The summed E-state index contributed by atoms with van der Waals surface area (Å²) in [6.45, 7) is 0. The number of nitrogens with zero attached hydrogens (tertiary/aromatic N) is 5. The normalized spacial score (nSPS) is 10.5. The second kappa shape index (κ2) is 5.84. The zero-order valence-corrected chi connectivity index (χ0v) is 12.5. The summed E-state index contributed by atoms with van der Waals surface area (Å²) in [6, 6.07) is 8.31. The fourth-order valence-electron chi connectivity index (χ4n) is 2.14. The van der Waals surface area contributed by atoms with Crippen LogP contribution in [0.4, 0.5) is 11.4 Å². The molecule has 0 spiro atoms. The van der Waals surface area contributed by atoms with E-state index in [9.17, 15) is 10.1 Å². The van der Waals surface area contributed by atoms with E-state index in [2.05, 4.69) is 15.1 Å². The molecule has 0 fully saturated rings. The molecule has 0 saturated carbocycles. The maximum atomic E-state index is 11.2. The summed E-state index contributed by atoms with van der Waals surface area (Å²) < 4.78 is 5.22. The monoisotopic (exact) mass is 311 g/mol. The number of benzene rings is 1. The van der Waals surface area contributed by atoms with E-state index in [-0.39, 0.29) is 11.6 Å². The van der Waals surface area contributed by atoms with Gasteiger partial charge in [-0.05, 0) is 24.3 Å². The van der Waals surface area contributed by atoms with Gasteiger partial charge >= 0.3 is 0 Å². The highest BCUT2D eigenvalue weighted by molar-refractivity contribution is 5.71. The molecule has 0 amide bonds. The average Bonchev–Trinajstić information content (AvgIpc) is 3.05. The van der Waals surface area contributed by atoms with E-state index in [4.69, 9.17) is 4.52 Å². The van der Waals surface area contributed by atoms with E-state index in [1.165, 1.54) is 6.07 Å². The molecule has 0 N–H and O–H groups in total. The summed E-state index contributed by atoms with van der Waals surface area (Å²) in [5.41, 5.74) is 1.74. The van der Waals surface area contributed by atoms with Crippen LogP contribution >= 0.6 is 0 Å².